The van der Waals surface area contributed by atoms with Gasteiger partial charge in [-0.15, -0.1) is 0 Å². The zero-order chi connectivity index (χ0) is 14.8. The zero-order valence-corrected chi connectivity index (χ0v) is 12.9. The second kappa shape index (κ2) is 5.74. The summed E-state index contributed by atoms with van der Waals surface area (Å²) in [6.45, 7) is 2.84. The summed E-state index contributed by atoms with van der Waals surface area (Å²) in [6.07, 6.45) is 4.71. The predicted octanol–water partition coefficient (Wildman–Crippen LogP) is 2.92. The maximum atomic E-state index is 12.0. The average molecular weight is 316 g/mol. The number of nitrogens with one attached hydrogen (secondary N) is 1. The number of amides is 1. The van der Waals surface area contributed by atoms with Crippen LogP contribution in [-0.2, 0) is 9.05 Å². The number of hydrogen-bond acceptors (Lipinski definition) is 3. The highest BCUT2D eigenvalue weighted by Crippen LogP contribution is 2.36. The molecule has 2 rings (SSSR count). The molecule has 1 N–H and O–H groups in total. The quantitative estimate of drug-likeness (QED) is 0.869. The molecule has 1 aliphatic carbocycles. The molecule has 0 radical (unpaired) electrons. The van der Waals surface area contributed by atoms with Gasteiger partial charge in [-0.05, 0) is 42.5 Å². The average Bonchev–Trinajstić information content (AvgIpc) is 2.83. The minimum absolute atomic E-state index is 0.00142. The van der Waals surface area contributed by atoms with E-state index < -0.39 is 9.05 Å². The minimum Gasteiger partial charge on any atom is -0.351 e. The fraction of sp³-hybridized carbons (Fsp3) is 0.500. The summed E-state index contributed by atoms with van der Waals surface area (Å²) in [5, 5.41) is 2.92. The van der Waals surface area contributed by atoms with Crippen molar-refractivity contribution in [2.24, 2.45) is 5.41 Å². The van der Waals surface area contributed by atoms with Crippen molar-refractivity contribution in [1.29, 1.82) is 0 Å². The van der Waals surface area contributed by atoms with Gasteiger partial charge in [0.25, 0.3) is 15.0 Å². The molecule has 110 valence electrons. The van der Waals surface area contributed by atoms with Crippen LogP contribution in [0.25, 0.3) is 0 Å². The first kappa shape index (κ1) is 15.3. The third-order valence-electron chi connectivity index (χ3n) is 3.88. The van der Waals surface area contributed by atoms with E-state index in [9.17, 15) is 13.2 Å². The molecule has 0 atom stereocenters. The molecule has 1 aromatic carbocycles. The Morgan fingerprint density at radius 2 is 1.80 bits per heavy atom. The van der Waals surface area contributed by atoms with E-state index in [0.717, 1.165) is 12.8 Å². The second-order valence-corrected chi connectivity index (χ2v) is 8.23. The number of rotatable bonds is 4. The van der Waals surface area contributed by atoms with Gasteiger partial charge in [0.05, 0.1) is 4.90 Å². The highest BCUT2D eigenvalue weighted by molar-refractivity contribution is 8.13. The number of halogens is 1. The summed E-state index contributed by atoms with van der Waals surface area (Å²) in [6, 6.07) is 5.63. The van der Waals surface area contributed by atoms with Crippen LogP contribution in [0, 0.1) is 5.41 Å². The van der Waals surface area contributed by atoms with Crippen LogP contribution in [0.2, 0.25) is 0 Å². The van der Waals surface area contributed by atoms with Crippen molar-refractivity contribution in [2.75, 3.05) is 6.54 Å². The molecule has 1 aromatic rings. The summed E-state index contributed by atoms with van der Waals surface area (Å²) in [4.78, 5) is 12.0. The first-order valence-electron chi connectivity index (χ1n) is 6.63. The Balaban J connectivity index is 1.99. The molecule has 0 aromatic heterocycles. The molecule has 1 saturated carbocycles. The van der Waals surface area contributed by atoms with Crippen molar-refractivity contribution >= 4 is 25.6 Å². The van der Waals surface area contributed by atoms with E-state index in [0.29, 0.717) is 12.1 Å². The van der Waals surface area contributed by atoms with Gasteiger partial charge in [-0.2, -0.15) is 0 Å². The van der Waals surface area contributed by atoms with Gasteiger partial charge in [0.1, 0.15) is 0 Å². The molecule has 0 unspecified atom stereocenters. The molecule has 0 heterocycles. The van der Waals surface area contributed by atoms with Gasteiger partial charge in [0, 0.05) is 22.8 Å². The van der Waals surface area contributed by atoms with Crippen LogP contribution in [0.15, 0.2) is 29.2 Å². The lowest BCUT2D eigenvalue weighted by atomic mass is 9.89. The molecule has 1 amide bonds. The lowest BCUT2D eigenvalue weighted by Crippen LogP contribution is -2.34. The third-order valence-corrected chi connectivity index (χ3v) is 5.25. The molecule has 0 aliphatic heterocycles. The smallest absolute Gasteiger partial charge is 0.261 e. The highest BCUT2D eigenvalue weighted by atomic mass is 35.7. The van der Waals surface area contributed by atoms with Crippen molar-refractivity contribution in [1.82, 2.24) is 5.32 Å². The number of carbonyl (C=O) groups excluding carboxylic acids is 1. The minimum atomic E-state index is -3.74. The van der Waals surface area contributed by atoms with Crippen LogP contribution in [0.4, 0.5) is 0 Å². The highest BCUT2D eigenvalue weighted by Gasteiger charge is 2.28. The van der Waals surface area contributed by atoms with Crippen molar-refractivity contribution < 1.29 is 13.2 Å². The first-order valence-corrected chi connectivity index (χ1v) is 8.94. The van der Waals surface area contributed by atoms with Crippen LogP contribution in [-0.4, -0.2) is 20.9 Å². The standard InChI is InChI=1S/C14H18ClNO3S/c1-14(8-2-3-9-14)10-16-13(17)11-4-6-12(7-5-11)20(15,18)19/h4-7H,2-3,8-10H2,1H3,(H,16,17). The van der Waals surface area contributed by atoms with Gasteiger partial charge in [0.2, 0.25) is 0 Å². The Bertz CT molecular complexity index is 589. The van der Waals surface area contributed by atoms with Gasteiger partial charge in [-0.25, -0.2) is 8.42 Å². The van der Waals surface area contributed by atoms with Gasteiger partial charge in [-0.1, -0.05) is 19.8 Å². The van der Waals surface area contributed by atoms with Crippen molar-refractivity contribution in [3.05, 3.63) is 29.8 Å². The lowest BCUT2D eigenvalue weighted by Gasteiger charge is -2.23. The maximum absolute atomic E-state index is 12.0. The summed E-state index contributed by atoms with van der Waals surface area (Å²) in [5.74, 6) is -0.184. The van der Waals surface area contributed by atoms with E-state index >= 15 is 0 Å². The monoisotopic (exact) mass is 315 g/mol. The Morgan fingerprint density at radius 3 is 2.30 bits per heavy atom. The Labute approximate surface area is 123 Å². The molecule has 4 nitrogen and oxygen atoms in total. The van der Waals surface area contributed by atoms with Crippen molar-refractivity contribution in [3.8, 4) is 0 Å². The Morgan fingerprint density at radius 1 is 1.25 bits per heavy atom. The first-order chi connectivity index (χ1) is 9.30. The van der Waals surface area contributed by atoms with E-state index in [-0.39, 0.29) is 16.2 Å². The van der Waals surface area contributed by atoms with E-state index in [1.54, 1.807) is 0 Å². The number of carbonyl (C=O) groups is 1. The maximum Gasteiger partial charge on any atom is 0.261 e. The van der Waals surface area contributed by atoms with Gasteiger partial charge in [-0.3, -0.25) is 4.79 Å². The molecule has 1 aliphatic rings. The topological polar surface area (TPSA) is 63.2 Å². The number of hydrogen-bond donors (Lipinski definition) is 1. The fourth-order valence-corrected chi connectivity index (χ4v) is 3.34. The van der Waals surface area contributed by atoms with Crippen LogP contribution < -0.4 is 5.32 Å². The van der Waals surface area contributed by atoms with Crippen LogP contribution in [0.5, 0.6) is 0 Å². The van der Waals surface area contributed by atoms with Gasteiger partial charge in [0.15, 0.2) is 0 Å². The summed E-state index contributed by atoms with van der Waals surface area (Å²) >= 11 is 0. The molecule has 0 saturated heterocycles. The molecule has 1 fully saturated rings. The van der Waals surface area contributed by atoms with Crippen molar-refractivity contribution in [3.63, 3.8) is 0 Å². The normalized spacial score (nSPS) is 17.9. The zero-order valence-electron chi connectivity index (χ0n) is 11.4. The Hall–Kier alpha value is -1.07. The summed E-state index contributed by atoms with van der Waals surface area (Å²) in [7, 11) is 1.49. The van der Waals surface area contributed by atoms with E-state index in [2.05, 4.69) is 12.2 Å². The van der Waals surface area contributed by atoms with E-state index in [1.807, 2.05) is 0 Å². The molecule has 6 heteroatoms. The molecule has 20 heavy (non-hydrogen) atoms. The van der Waals surface area contributed by atoms with Crippen LogP contribution in [0.1, 0.15) is 43.0 Å². The SMILES string of the molecule is CC1(CNC(=O)c2ccc(S(=O)(=O)Cl)cc2)CCCC1. The third kappa shape index (κ3) is 3.73. The van der Waals surface area contributed by atoms with Crippen molar-refractivity contribution in [2.45, 2.75) is 37.5 Å². The lowest BCUT2D eigenvalue weighted by molar-refractivity contribution is 0.0934. The molecule has 0 spiro atoms. The van der Waals surface area contributed by atoms with Crippen LogP contribution >= 0.6 is 10.7 Å². The van der Waals surface area contributed by atoms with Gasteiger partial charge < -0.3 is 5.32 Å². The molecular weight excluding hydrogens is 298 g/mol. The van der Waals surface area contributed by atoms with E-state index in [1.165, 1.54) is 37.1 Å². The van der Waals surface area contributed by atoms with Gasteiger partial charge >= 0.3 is 0 Å². The summed E-state index contributed by atoms with van der Waals surface area (Å²) < 4.78 is 22.2. The second-order valence-electron chi connectivity index (χ2n) is 5.66. The molecule has 0 bridgehead atoms. The fourth-order valence-electron chi connectivity index (χ4n) is 2.57. The van der Waals surface area contributed by atoms with E-state index in [4.69, 9.17) is 10.7 Å². The predicted molar refractivity (Wildman–Crippen MR) is 78.4 cm³/mol. The Kier molecular flexibility index (Phi) is 4.39. The largest absolute Gasteiger partial charge is 0.351 e. The molecular formula is C14H18ClNO3S. The summed E-state index contributed by atoms with van der Waals surface area (Å²) in [5.41, 5.74) is 0.630. The van der Waals surface area contributed by atoms with Crippen LogP contribution in [0.3, 0.4) is 0 Å². The number of benzene rings is 1.